The van der Waals surface area contributed by atoms with Gasteiger partial charge in [0.2, 0.25) is 0 Å². The first-order valence-corrected chi connectivity index (χ1v) is 5.99. The number of benzene rings is 1. The van der Waals surface area contributed by atoms with Gasteiger partial charge in [-0.3, -0.25) is 0 Å². The molecule has 0 bridgehead atoms. The predicted molar refractivity (Wildman–Crippen MR) is 64.7 cm³/mol. The second kappa shape index (κ2) is 5.98. The van der Waals surface area contributed by atoms with E-state index in [1.807, 2.05) is 0 Å². The lowest BCUT2D eigenvalue weighted by Crippen LogP contribution is -2.24. The minimum absolute atomic E-state index is 0.233. The topological polar surface area (TPSA) is 38.0 Å². The van der Waals surface area contributed by atoms with Crippen LogP contribution in [0.1, 0.15) is 13.8 Å². The first-order chi connectivity index (χ1) is 7.09. The van der Waals surface area contributed by atoms with Gasteiger partial charge in [-0.15, -0.1) is 11.8 Å². The maximum absolute atomic E-state index is 12.9. The maximum atomic E-state index is 12.9. The Bertz CT molecular complexity index is 315. The number of rotatable bonds is 5. The Morgan fingerprint density at radius 1 is 1.47 bits per heavy atom. The van der Waals surface area contributed by atoms with Gasteiger partial charge in [-0.25, -0.2) is 4.39 Å². The van der Waals surface area contributed by atoms with Crippen molar-refractivity contribution >= 4 is 17.4 Å². The van der Waals surface area contributed by atoms with Crippen molar-refractivity contribution in [2.45, 2.75) is 24.8 Å². The van der Waals surface area contributed by atoms with Crippen molar-refractivity contribution in [1.82, 2.24) is 5.32 Å². The molecule has 0 amide bonds. The van der Waals surface area contributed by atoms with Crippen molar-refractivity contribution in [3.63, 3.8) is 0 Å². The van der Waals surface area contributed by atoms with E-state index in [1.165, 1.54) is 12.1 Å². The molecule has 1 aromatic rings. The van der Waals surface area contributed by atoms with Crippen LogP contribution in [0.5, 0.6) is 0 Å². The number of nitrogen functional groups attached to an aromatic ring is 1. The molecule has 0 radical (unpaired) electrons. The van der Waals surface area contributed by atoms with Gasteiger partial charge in [0, 0.05) is 28.9 Å². The third-order valence-electron chi connectivity index (χ3n) is 1.89. The zero-order valence-electron chi connectivity index (χ0n) is 9.09. The molecule has 0 fully saturated rings. The molecule has 0 aliphatic carbocycles. The van der Waals surface area contributed by atoms with Crippen LogP contribution < -0.4 is 11.1 Å². The molecule has 0 unspecified atom stereocenters. The largest absolute Gasteiger partial charge is 0.398 e. The molecule has 0 aliphatic heterocycles. The van der Waals surface area contributed by atoms with Crippen molar-refractivity contribution in [1.29, 1.82) is 0 Å². The smallest absolute Gasteiger partial charge is 0.124 e. The standard InChI is InChI=1S/C11H17FN2S/c1-8(2)14-5-6-15-11-7-9(12)3-4-10(11)13/h3-4,7-8,14H,5-6,13H2,1-2H3. The van der Waals surface area contributed by atoms with Crippen LogP contribution in [0.2, 0.25) is 0 Å². The Labute approximate surface area is 94.4 Å². The fourth-order valence-corrected chi connectivity index (χ4v) is 2.01. The summed E-state index contributed by atoms with van der Waals surface area (Å²) in [6, 6.07) is 4.95. The van der Waals surface area contributed by atoms with Crippen LogP contribution in [0, 0.1) is 5.82 Å². The molecule has 84 valence electrons. The SMILES string of the molecule is CC(C)NCCSc1cc(F)ccc1N. The number of halogens is 1. The summed E-state index contributed by atoms with van der Waals surface area (Å²) in [5.74, 6) is 0.662. The van der Waals surface area contributed by atoms with E-state index in [0.717, 1.165) is 17.2 Å². The Kier molecular flexibility index (Phi) is 4.91. The molecule has 0 spiro atoms. The lowest BCUT2D eigenvalue weighted by atomic mass is 10.3. The number of hydrogen-bond donors (Lipinski definition) is 2. The van der Waals surface area contributed by atoms with E-state index in [9.17, 15) is 4.39 Å². The lowest BCUT2D eigenvalue weighted by molar-refractivity contribution is 0.615. The summed E-state index contributed by atoms with van der Waals surface area (Å²) in [5, 5.41) is 3.29. The van der Waals surface area contributed by atoms with E-state index in [4.69, 9.17) is 5.73 Å². The van der Waals surface area contributed by atoms with E-state index >= 15 is 0 Å². The highest BCUT2D eigenvalue weighted by molar-refractivity contribution is 7.99. The van der Waals surface area contributed by atoms with Crippen molar-refractivity contribution in [2.75, 3.05) is 18.0 Å². The highest BCUT2D eigenvalue weighted by Crippen LogP contribution is 2.25. The molecule has 2 nitrogen and oxygen atoms in total. The molecule has 15 heavy (non-hydrogen) atoms. The first-order valence-electron chi connectivity index (χ1n) is 5.01. The molecule has 0 saturated heterocycles. The van der Waals surface area contributed by atoms with Gasteiger partial charge in [-0.05, 0) is 18.2 Å². The summed E-state index contributed by atoms with van der Waals surface area (Å²) in [7, 11) is 0. The third kappa shape index (κ3) is 4.53. The lowest BCUT2D eigenvalue weighted by Gasteiger charge is -2.08. The van der Waals surface area contributed by atoms with Crippen LogP contribution in [-0.4, -0.2) is 18.3 Å². The zero-order chi connectivity index (χ0) is 11.3. The maximum Gasteiger partial charge on any atom is 0.124 e. The van der Waals surface area contributed by atoms with Crippen molar-refractivity contribution in [3.8, 4) is 0 Å². The monoisotopic (exact) mass is 228 g/mol. The average molecular weight is 228 g/mol. The molecule has 0 aromatic heterocycles. The Morgan fingerprint density at radius 3 is 2.87 bits per heavy atom. The molecule has 0 heterocycles. The molecule has 0 saturated carbocycles. The van der Waals surface area contributed by atoms with Crippen molar-refractivity contribution in [3.05, 3.63) is 24.0 Å². The van der Waals surface area contributed by atoms with E-state index < -0.39 is 0 Å². The minimum atomic E-state index is -0.233. The highest BCUT2D eigenvalue weighted by Gasteiger charge is 2.01. The van der Waals surface area contributed by atoms with Crippen molar-refractivity contribution < 1.29 is 4.39 Å². The van der Waals surface area contributed by atoms with Crippen LogP contribution in [-0.2, 0) is 0 Å². The predicted octanol–water partition coefficient (Wildman–Crippen LogP) is 2.50. The third-order valence-corrected chi connectivity index (χ3v) is 2.96. The number of anilines is 1. The fraction of sp³-hybridized carbons (Fsp3) is 0.455. The van der Waals surface area contributed by atoms with Crippen LogP contribution in [0.4, 0.5) is 10.1 Å². The summed E-state index contributed by atoms with van der Waals surface area (Å²) in [4.78, 5) is 0.820. The summed E-state index contributed by atoms with van der Waals surface area (Å²) in [6.07, 6.45) is 0. The van der Waals surface area contributed by atoms with Gasteiger partial charge in [0.25, 0.3) is 0 Å². The molecule has 1 rings (SSSR count). The van der Waals surface area contributed by atoms with Crippen LogP contribution >= 0.6 is 11.8 Å². The fourth-order valence-electron chi connectivity index (χ4n) is 1.14. The Morgan fingerprint density at radius 2 is 2.20 bits per heavy atom. The number of hydrogen-bond acceptors (Lipinski definition) is 3. The highest BCUT2D eigenvalue weighted by atomic mass is 32.2. The van der Waals surface area contributed by atoms with Gasteiger partial charge >= 0.3 is 0 Å². The number of thioether (sulfide) groups is 1. The van der Waals surface area contributed by atoms with Gasteiger partial charge in [0.1, 0.15) is 5.82 Å². The Balaban J connectivity index is 2.40. The van der Waals surface area contributed by atoms with Crippen LogP contribution in [0.15, 0.2) is 23.1 Å². The van der Waals surface area contributed by atoms with E-state index in [0.29, 0.717) is 11.7 Å². The second-order valence-electron chi connectivity index (χ2n) is 3.64. The first kappa shape index (κ1) is 12.3. The summed E-state index contributed by atoms with van der Waals surface area (Å²) < 4.78 is 12.9. The molecule has 3 N–H and O–H groups in total. The molecule has 4 heteroatoms. The number of nitrogens with two attached hydrogens (primary N) is 1. The van der Waals surface area contributed by atoms with Gasteiger partial charge in [-0.1, -0.05) is 13.8 Å². The van der Waals surface area contributed by atoms with Gasteiger partial charge < -0.3 is 11.1 Å². The zero-order valence-corrected chi connectivity index (χ0v) is 9.90. The van der Waals surface area contributed by atoms with Gasteiger partial charge in [0.05, 0.1) is 0 Å². The van der Waals surface area contributed by atoms with Gasteiger partial charge in [0.15, 0.2) is 0 Å². The normalized spacial score (nSPS) is 10.9. The van der Waals surface area contributed by atoms with Crippen molar-refractivity contribution in [2.24, 2.45) is 0 Å². The molecule has 0 atom stereocenters. The Hall–Kier alpha value is -0.740. The van der Waals surface area contributed by atoms with E-state index in [2.05, 4.69) is 19.2 Å². The second-order valence-corrected chi connectivity index (χ2v) is 4.78. The number of nitrogens with one attached hydrogen (secondary N) is 1. The average Bonchev–Trinajstić information content (AvgIpc) is 2.17. The minimum Gasteiger partial charge on any atom is -0.398 e. The van der Waals surface area contributed by atoms with Gasteiger partial charge in [-0.2, -0.15) is 0 Å². The van der Waals surface area contributed by atoms with E-state index in [-0.39, 0.29) is 5.82 Å². The van der Waals surface area contributed by atoms with E-state index in [1.54, 1.807) is 17.8 Å². The quantitative estimate of drug-likeness (QED) is 0.462. The molecule has 0 aliphatic rings. The van der Waals surface area contributed by atoms with Crippen LogP contribution in [0.3, 0.4) is 0 Å². The molecular weight excluding hydrogens is 211 g/mol. The van der Waals surface area contributed by atoms with Crippen LogP contribution in [0.25, 0.3) is 0 Å². The molecular formula is C11H17FN2S. The summed E-state index contributed by atoms with van der Waals surface area (Å²) in [5.41, 5.74) is 6.37. The summed E-state index contributed by atoms with van der Waals surface area (Å²) >= 11 is 1.58. The summed E-state index contributed by atoms with van der Waals surface area (Å²) in [6.45, 7) is 5.10. The molecule has 1 aromatic carbocycles.